The van der Waals surface area contributed by atoms with Crippen LogP contribution in [0.5, 0.6) is 0 Å². The molecule has 0 aliphatic heterocycles. The minimum Gasteiger partial charge on any atom is -0.462 e. The van der Waals surface area contributed by atoms with E-state index >= 15 is 0 Å². The highest BCUT2D eigenvalue weighted by Gasteiger charge is 2.28. The molecular formula is C70H115O11P. The Labute approximate surface area is 500 Å². The Bertz CT molecular complexity index is 1890. The van der Waals surface area contributed by atoms with Crippen LogP contribution in [0.25, 0.3) is 0 Å². The molecule has 0 fully saturated rings. The predicted octanol–water partition coefficient (Wildman–Crippen LogP) is 19.7. The minimum absolute atomic E-state index is 0.0903. The van der Waals surface area contributed by atoms with Crippen LogP contribution in [0, 0.1) is 0 Å². The van der Waals surface area contributed by atoms with Gasteiger partial charge < -0.3 is 24.2 Å². The van der Waals surface area contributed by atoms with E-state index < -0.39 is 57.8 Å². The molecule has 0 spiro atoms. The summed E-state index contributed by atoms with van der Waals surface area (Å²) in [6.45, 7) is 4.39. The van der Waals surface area contributed by atoms with Crippen LogP contribution in [-0.4, -0.2) is 66.5 Å². The smallest absolute Gasteiger partial charge is 0.462 e. The van der Waals surface area contributed by atoms with Crippen molar-refractivity contribution in [3.63, 3.8) is 0 Å². The number of phosphoric ester groups is 1. The average Bonchev–Trinajstić information content (AvgIpc) is 3.49. The fraction of sp³-hybridized carbons (Fsp3) is 0.643. The number of aliphatic hydroxyl groups is 1. The van der Waals surface area contributed by atoms with E-state index in [2.05, 4.69) is 142 Å². The van der Waals surface area contributed by atoms with Crippen molar-refractivity contribution in [2.45, 2.75) is 264 Å². The van der Waals surface area contributed by atoms with E-state index in [1.807, 2.05) is 12.2 Å². The van der Waals surface area contributed by atoms with Gasteiger partial charge in [0.15, 0.2) is 6.10 Å². The van der Waals surface area contributed by atoms with E-state index in [1.165, 1.54) is 51.4 Å². The summed E-state index contributed by atoms with van der Waals surface area (Å²) in [6.07, 6.45) is 79.7. The largest absolute Gasteiger partial charge is 0.472 e. The van der Waals surface area contributed by atoms with Gasteiger partial charge in [0.05, 0.1) is 19.8 Å². The third-order valence-corrected chi connectivity index (χ3v) is 14.0. The van der Waals surface area contributed by atoms with E-state index in [9.17, 15) is 28.9 Å². The lowest BCUT2D eigenvalue weighted by molar-refractivity contribution is -0.161. The first-order chi connectivity index (χ1) is 40.2. The van der Waals surface area contributed by atoms with Crippen molar-refractivity contribution in [2.24, 2.45) is 0 Å². The first kappa shape index (κ1) is 77.6. The zero-order chi connectivity index (χ0) is 59.8. The summed E-state index contributed by atoms with van der Waals surface area (Å²) in [5.74, 6) is -1.56. The maximum atomic E-state index is 13.0. The number of hydrogen-bond acceptors (Lipinski definition) is 10. The van der Waals surface area contributed by atoms with Crippen molar-refractivity contribution in [1.82, 2.24) is 0 Å². The zero-order valence-electron chi connectivity index (χ0n) is 51.7. The molecule has 82 heavy (non-hydrogen) atoms. The Morgan fingerprint density at radius 1 is 0.354 bits per heavy atom. The molecule has 3 unspecified atom stereocenters. The molecule has 12 heteroatoms. The van der Waals surface area contributed by atoms with Gasteiger partial charge in [0.1, 0.15) is 12.7 Å². The topological polar surface area (TPSA) is 155 Å². The van der Waals surface area contributed by atoms with E-state index in [1.54, 1.807) is 0 Å². The van der Waals surface area contributed by atoms with E-state index in [4.69, 9.17) is 23.3 Å². The first-order valence-electron chi connectivity index (χ1n) is 32.1. The van der Waals surface area contributed by atoms with Gasteiger partial charge in [0.2, 0.25) is 0 Å². The molecule has 0 bridgehead atoms. The summed E-state index contributed by atoms with van der Waals surface area (Å²) >= 11 is 0. The number of unbranched alkanes of at least 4 members (excludes halogenated alkanes) is 19. The summed E-state index contributed by atoms with van der Waals surface area (Å²) in [6, 6.07) is 0. The van der Waals surface area contributed by atoms with Crippen LogP contribution >= 0.6 is 7.82 Å². The van der Waals surface area contributed by atoms with Crippen LogP contribution in [0.1, 0.15) is 252 Å². The molecule has 3 atom stereocenters. The fourth-order valence-corrected chi connectivity index (χ4v) is 8.95. The van der Waals surface area contributed by atoms with Gasteiger partial charge in [0.25, 0.3) is 0 Å². The molecular weight excluding hydrogens is 1050 g/mol. The van der Waals surface area contributed by atoms with Crippen molar-refractivity contribution in [3.8, 4) is 0 Å². The van der Waals surface area contributed by atoms with Gasteiger partial charge in [-0.05, 0) is 135 Å². The predicted molar refractivity (Wildman–Crippen MR) is 343 cm³/mol. The Balaban J connectivity index is 4.83. The Hall–Kier alpha value is -4.38. The van der Waals surface area contributed by atoms with Gasteiger partial charge in [0, 0.05) is 19.3 Å². The summed E-state index contributed by atoms with van der Waals surface area (Å²) in [5.41, 5.74) is 0. The van der Waals surface area contributed by atoms with Crippen LogP contribution in [-0.2, 0) is 42.2 Å². The maximum absolute atomic E-state index is 13.0. The molecule has 0 amide bonds. The third kappa shape index (κ3) is 60.2. The highest BCUT2D eigenvalue weighted by Crippen LogP contribution is 2.43. The van der Waals surface area contributed by atoms with Crippen LogP contribution in [0.15, 0.2) is 134 Å². The summed E-state index contributed by atoms with van der Waals surface area (Å²) in [7, 11) is -4.79. The molecule has 0 rings (SSSR count). The molecule has 0 heterocycles. The number of rotatable bonds is 58. The van der Waals surface area contributed by atoms with Gasteiger partial charge >= 0.3 is 25.7 Å². The number of ether oxygens (including phenoxy) is 3. The SMILES string of the molecule is CC/C=C\C/C=C\C/C=C\C/C=C\C/C=C\CCCC(=O)OC(CO)COP(=O)(O)OCC(COC(=O)CCCCCCCC/C=C\C/C=C\C/C=C\CCCCC)OC(=O)CCCCCCCC/C=C\C/C=C\C/C=C\CCCCC. The lowest BCUT2D eigenvalue weighted by Gasteiger charge is -2.21. The molecule has 2 N–H and O–H groups in total. The van der Waals surface area contributed by atoms with Crippen LogP contribution < -0.4 is 0 Å². The van der Waals surface area contributed by atoms with Crippen molar-refractivity contribution in [2.75, 3.05) is 26.4 Å². The second kappa shape index (κ2) is 62.7. The molecule has 0 radical (unpaired) electrons. The quantitative estimate of drug-likeness (QED) is 0.0197. The zero-order valence-corrected chi connectivity index (χ0v) is 52.6. The second-order valence-corrected chi connectivity index (χ2v) is 22.3. The normalized spacial score (nSPS) is 14.2. The number of carbonyl (C=O) groups is 3. The minimum atomic E-state index is -4.79. The molecule has 11 nitrogen and oxygen atoms in total. The van der Waals surface area contributed by atoms with Gasteiger partial charge in [-0.25, -0.2) is 4.57 Å². The van der Waals surface area contributed by atoms with Gasteiger partial charge in [-0.3, -0.25) is 23.4 Å². The molecule has 0 aliphatic rings. The Kier molecular flexibility index (Phi) is 59.3. The third-order valence-electron chi connectivity index (χ3n) is 13.0. The van der Waals surface area contributed by atoms with Crippen molar-refractivity contribution in [1.29, 1.82) is 0 Å². The summed E-state index contributed by atoms with van der Waals surface area (Å²) in [4.78, 5) is 48.8. The summed E-state index contributed by atoms with van der Waals surface area (Å²) in [5, 5.41) is 9.84. The molecule has 0 aromatic heterocycles. The Morgan fingerprint density at radius 3 is 1.02 bits per heavy atom. The van der Waals surface area contributed by atoms with Crippen LogP contribution in [0.4, 0.5) is 0 Å². The Morgan fingerprint density at radius 2 is 0.646 bits per heavy atom. The summed E-state index contributed by atoms with van der Waals surface area (Å²) < 4.78 is 39.6. The van der Waals surface area contributed by atoms with Crippen LogP contribution in [0.3, 0.4) is 0 Å². The number of hydrogen-bond donors (Lipinski definition) is 2. The van der Waals surface area contributed by atoms with Gasteiger partial charge in [-0.2, -0.15) is 0 Å². The van der Waals surface area contributed by atoms with Gasteiger partial charge in [-0.1, -0.05) is 231 Å². The highest BCUT2D eigenvalue weighted by molar-refractivity contribution is 7.47. The van der Waals surface area contributed by atoms with Crippen molar-refractivity contribution in [3.05, 3.63) is 134 Å². The average molecular weight is 1160 g/mol. The number of esters is 3. The molecule has 0 aromatic carbocycles. The maximum Gasteiger partial charge on any atom is 0.472 e. The number of phosphoric acid groups is 1. The molecule has 0 saturated heterocycles. The molecule has 0 aromatic rings. The van der Waals surface area contributed by atoms with E-state index in [0.717, 1.165) is 135 Å². The lowest BCUT2D eigenvalue weighted by atomic mass is 10.1. The van der Waals surface area contributed by atoms with E-state index in [0.29, 0.717) is 25.7 Å². The highest BCUT2D eigenvalue weighted by atomic mass is 31.2. The monoisotopic (exact) mass is 1160 g/mol. The number of carbonyl (C=O) groups excluding carboxylic acids is 3. The second-order valence-electron chi connectivity index (χ2n) is 20.8. The molecule has 0 aliphatic carbocycles. The number of aliphatic hydroxyl groups excluding tert-OH is 1. The molecule has 466 valence electrons. The lowest BCUT2D eigenvalue weighted by Crippen LogP contribution is -2.30. The van der Waals surface area contributed by atoms with Crippen LogP contribution in [0.2, 0.25) is 0 Å². The van der Waals surface area contributed by atoms with Crippen molar-refractivity contribution >= 4 is 25.7 Å². The first-order valence-corrected chi connectivity index (χ1v) is 33.6. The van der Waals surface area contributed by atoms with Crippen molar-refractivity contribution < 1.29 is 52.2 Å². The number of allylic oxidation sites excluding steroid dienone is 22. The standard InChI is InChI=1S/C70H115O11P/c1-4-7-10-13-16-19-22-25-28-31-33-36-38-41-44-47-50-53-56-59-68(72)77-63-67(81-70(74)61-58-55-52-49-46-43-40-37-34-32-29-26-23-20-17-14-11-8-5-2)65-79-82(75,76)78-64-66(62-71)80-69(73)60-57-54-51-48-45-42-39-35-30-27-24-21-18-15-12-9-6-3/h9,12,16-21,25-30,33-34,36-37,39,42,48,51,66-67,71H,4-8,10-11,13-15,22-24,31-32,35,38,40-41,43-47,49-50,52-65H2,1-3H3,(H,75,76)/b12-9-,19-16-,20-17-,21-18-,28-25-,29-26-,30-27-,36-33-,37-34-,42-39-,51-48-. The van der Waals surface area contributed by atoms with Gasteiger partial charge in [-0.15, -0.1) is 0 Å². The molecule has 0 saturated carbocycles. The fourth-order valence-electron chi connectivity index (χ4n) is 8.17. The van der Waals surface area contributed by atoms with E-state index in [-0.39, 0.29) is 25.9 Å².